The van der Waals surface area contributed by atoms with Gasteiger partial charge in [-0.3, -0.25) is 4.90 Å². The summed E-state index contributed by atoms with van der Waals surface area (Å²) >= 11 is 0. The van der Waals surface area contributed by atoms with Crippen LogP contribution in [0.3, 0.4) is 0 Å². The van der Waals surface area contributed by atoms with Crippen LogP contribution in [0, 0.1) is 5.41 Å². The Hall–Kier alpha value is -0.180. The molecule has 0 aromatic carbocycles. The number of likely N-dealkylation sites (tertiary alicyclic amines) is 1. The second-order valence-corrected chi connectivity index (χ2v) is 5.07. The predicted octanol–water partition coefficient (Wildman–Crippen LogP) is 3.15. The van der Waals surface area contributed by atoms with Crippen molar-refractivity contribution in [2.24, 2.45) is 5.41 Å². The van der Waals surface area contributed by atoms with Crippen LogP contribution in [0.15, 0.2) is 0 Å². The van der Waals surface area contributed by atoms with Gasteiger partial charge >= 0.3 is 0 Å². The van der Waals surface area contributed by atoms with Crippen molar-refractivity contribution in [3.8, 4) is 0 Å². The van der Waals surface area contributed by atoms with Crippen molar-refractivity contribution >= 4 is 0 Å². The summed E-state index contributed by atoms with van der Waals surface area (Å²) < 4.78 is 27.0. The molecule has 84 valence electrons. The molecular weight excluding hydrogens is 184 g/mol. The molecule has 0 spiro atoms. The quantitative estimate of drug-likeness (QED) is 0.669. The van der Waals surface area contributed by atoms with Crippen LogP contribution in [0.5, 0.6) is 0 Å². The Morgan fingerprint density at radius 3 is 2.36 bits per heavy atom. The molecular formula is C11H21F2N. The van der Waals surface area contributed by atoms with E-state index in [1.807, 2.05) is 0 Å². The largest absolute Gasteiger partial charge is 0.300 e. The topological polar surface area (TPSA) is 3.24 Å². The molecule has 0 aliphatic carbocycles. The number of alkyl halides is 2. The van der Waals surface area contributed by atoms with E-state index in [0.717, 1.165) is 6.42 Å². The zero-order chi connectivity index (χ0) is 11.0. The lowest BCUT2D eigenvalue weighted by molar-refractivity contribution is -0.155. The van der Waals surface area contributed by atoms with Crippen LogP contribution in [0.2, 0.25) is 0 Å². The molecule has 0 saturated carbocycles. The molecule has 0 bridgehead atoms. The van der Waals surface area contributed by atoms with Gasteiger partial charge in [0.25, 0.3) is 5.92 Å². The summed E-state index contributed by atoms with van der Waals surface area (Å²) in [6.45, 7) is 8.59. The summed E-state index contributed by atoms with van der Waals surface area (Å²) in [5.41, 5.74) is -0.880. The van der Waals surface area contributed by atoms with E-state index in [9.17, 15) is 8.78 Å². The molecule has 0 aromatic heterocycles. The maximum atomic E-state index is 13.5. The molecule has 0 aromatic rings. The van der Waals surface area contributed by atoms with Crippen molar-refractivity contribution in [2.75, 3.05) is 13.1 Å². The minimum absolute atomic E-state index is 0.00431. The second kappa shape index (κ2) is 3.76. The lowest BCUT2D eigenvalue weighted by atomic mass is 9.79. The molecule has 0 N–H and O–H groups in total. The highest BCUT2D eigenvalue weighted by Gasteiger charge is 2.50. The Morgan fingerprint density at radius 1 is 1.36 bits per heavy atom. The predicted molar refractivity (Wildman–Crippen MR) is 54.7 cm³/mol. The van der Waals surface area contributed by atoms with E-state index in [2.05, 4.69) is 18.7 Å². The Kier molecular flexibility index (Phi) is 3.20. The highest BCUT2D eigenvalue weighted by atomic mass is 19.3. The minimum atomic E-state index is -2.50. The Labute approximate surface area is 85.5 Å². The van der Waals surface area contributed by atoms with Gasteiger partial charge in [-0.1, -0.05) is 20.8 Å². The lowest BCUT2D eigenvalue weighted by Crippen LogP contribution is -2.54. The molecule has 1 unspecified atom stereocenters. The van der Waals surface area contributed by atoms with Gasteiger partial charge < -0.3 is 0 Å². The third-order valence-electron chi connectivity index (χ3n) is 3.52. The Balaban J connectivity index is 2.68. The molecule has 1 saturated heterocycles. The van der Waals surface area contributed by atoms with Gasteiger partial charge in [-0.05, 0) is 13.3 Å². The van der Waals surface area contributed by atoms with E-state index in [4.69, 9.17) is 0 Å². The van der Waals surface area contributed by atoms with E-state index in [1.165, 1.54) is 0 Å². The van der Waals surface area contributed by atoms with Crippen LogP contribution in [-0.4, -0.2) is 30.0 Å². The van der Waals surface area contributed by atoms with Crippen LogP contribution in [-0.2, 0) is 0 Å². The van der Waals surface area contributed by atoms with Gasteiger partial charge in [0.05, 0.1) is 0 Å². The average molecular weight is 205 g/mol. The van der Waals surface area contributed by atoms with Gasteiger partial charge in [-0.25, -0.2) is 8.78 Å². The summed E-state index contributed by atoms with van der Waals surface area (Å²) in [6.07, 6.45) is 1.03. The van der Waals surface area contributed by atoms with Crippen molar-refractivity contribution in [3.63, 3.8) is 0 Å². The fourth-order valence-corrected chi connectivity index (χ4v) is 1.96. The van der Waals surface area contributed by atoms with E-state index in [1.54, 1.807) is 13.8 Å². The summed E-state index contributed by atoms with van der Waals surface area (Å²) in [6, 6.07) is 0.422. The fourth-order valence-electron chi connectivity index (χ4n) is 1.96. The van der Waals surface area contributed by atoms with Crippen LogP contribution in [0.1, 0.15) is 40.5 Å². The molecule has 1 heterocycles. The number of nitrogens with zero attached hydrogens (tertiary/aromatic N) is 1. The lowest BCUT2D eigenvalue weighted by Gasteiger charge is -2.46. The average Bonchev–Trinajstić information content (AvgIpc) is 2.08. The van der Waals surface area contributed by atoms with E-state index < -0.39 is 11.3 Å². The molecule has 0 radical (unpaired) electrons. The zero-order valence-electron chi connectivity index (χ0n) is 9.61. The molecule has 1 nitrogen and oxygen atoms in total. The highest BCUT2D eigenvalue weighted by Crippen LogP contribution is 2.43. The molecule has 3 heteroatoms. The fraction of sp³-hybridized carbons (Fsp3) is 1.00. The normalized spacial score (nSPS) is 28.7. The van der Waals surface area contributed by atoms with E-state index in [-0.39, 0.29) is 6.42 Å². The SMILES string of the molecule is CCC(C)N1CCC(F)(F)C(C)(C)C1. The molecule has 1 rings (SSSR count). The van der Waals surface area contributed by atoms with Crippen molar-refractivity contribution in [3.05, 3.63) is 0 Å². The van der Waals surface area contributed by atoms with Gasteiger partial charge in [-0.15, -0.1) is 0 Å². The van der Waals surface area contributed by atoms with Crippen LogP contribution in [0.4, 0.5) is 8.78 Å². The standard InChI is InChI=1S/C11H21F2N/c1-5-9(2)14-7-6-11(12,13)10(3,4)8-14/h9H,5-8H2,1-4H3. The molecule has 0 amide bonds. The van der Waals surface area contributed by atoms with Crippen molar-refractivity contribution in [2.45, 2.75) is 52.5 Å². The molecule has 1 fully saturated rings. The first-order valence-electron chi connectivity index (χ1n) is 5.42. The third-order valence-corrected chi connectivity index (χ3v) is 3.52. The molecule has 1 atom stereocenters. The minimum Gasteiger partial charge on any atom is -0.300 e. The van der Waals surface area contributed by atoms with Gasteiger partial charge in [-0.2, -0.15) is 0 Å². The van der Waals surface area contributed by atoms with Crippen LogP contribution in [0.25, 0.3) is 0 Å². The number of hydrogen-bond donors (Lipinski definition) is 0. The smallest absolute Gasteiger partial charge is 0.255 e. The summed E-state index contributed by atoms with van der Waals surface area (Å²) in [5.74, 6) is -2.50. The van der Waals surface area contributed by atoms with Crippen molar-refractivity contribution in [1.82, 2.24) is 4.90 Å². The van der Waals surface area contributed by atoms with E-state index in [0.29, 0.717) is 19.1 Å². The number of piperidine rings is 1. The maximum absolute atomic E-state index is 13.5. The Morgan fingerprint density at radius 2 is 1.93 bits per heavy atom. The monoisotopic (exact) mass is 205 g/mol. The number of halogens is 2. The zero-order valence-corrected chi connectivity index (χ0v) is 9.61. The Bertz CT molecular complexity index is 201. The molecule has 1 aliphatic heterocycles. The number of rotatable bonds is 2. The summed E-state index contributed by atoms with van der Waals surface area (Å²) in [7, 11) is 0. The van der Waals surface area contributed by atoms with Crippen LogP contribution < -0.4 is 0 Å². The molecule has 1 aliphatic rings. The molecule has 14 heavy (non-hydrogen) atoms. The second-order valence-electron chi connectivity index (χ2n) is 5.07. The first-order valence-corrected chi connectivity index (χ1v) is 5.42. The van der Waals surface area contributed by atoms with Gasteiger partial charge in [0.15, 0.2) is 0 Å². The van der Waals surface area contributed by atoms with Crippen LogP contribution >= 0.6 is 0 Å². The van der Waals surface area contributed by atoms with Crippen molar-refractivity contribution < 1.29 is 8.78 Å². The first-order chi connectivity index (χ1) is 6.30. The number of hydrogen-bond acceptors (Lipinski definition) is 1. The van der Waals surface area contributed by atoms with E-state index >= 15 is 0 Å². The summed E-state index contributed by atoms with van der Waals surface area (Å²) in [4.78, 5) is 2.18. The maximum Gasteiger partial charge on any atom is 0.255 e. The van der Waals surface area contributed by atoms with Gasteiger partial charge in [0, 0.05) is 31.0 Å². The summed E-state index contributed by atoms with van der Waals surface area (Å²) in [5, 5.41) is 0. The van der Waals surface area contributed by atoms with Crippen molar-refractivity contribution in [1.29, 1.82) is 0 Å². The van der Waals surface area contributed by atoms with Gasteiger partial charge in [0.1, 0.15) is 0 Å². The van der Waals surface area contributed by atoms with Gasteiger partial charge in [0.2, 0.25) is 0 Å². The highest BCUT2D eigenvalue weighted by molar-refractivity contribution is 4.94. The third kappa shape index (κ3) is 2.08. The first kappa shape index (κ1) is 11.9.